The Morgan fingerprint density at radius 3 is 2.22 bits per heavy atom. The number of nitro benzene ring substituents is 2. The minimum absolute atomic E-state index is 0.0343. The van der Waals surface area contributed by atoms with E-state index in [1.54, 1.807) is 30.4 Å². The highest BCUT2D eigenvalue weighted by atomic mass is 32.1. The molecule has 0 amide bonds. The van der Waals surface area contributed by atoms with E-state index < -0.39 is 9.85 Å². The number of hydrogen-bond donors (Lipinski definition) is 0. The first-order valence-electron chi connectivity index (χ1n) is 6.50. The number of thiazole rings is 1. The minimum Gasteiger partial charge on any atom is -0.258 e. The highest BCUT2D eigenvalue weighted by Crippen LogP contribution is 2.27. The van der Waals surface area contributed by atoms with E-state index in [0.717, 1.165) is 10.3 Å². The van der Waals surface area contributed by atoms with Crippen molar-refractivity contribution in [1.82, 2.24) is 4.98 Å². The Labute approximate surface area is 133 Å². The topological polar surface area (TPSA) is 99.2 Å². The van der Waals surface area contributed by atoms with Crippen LogP contribution in [0.2, 0.25) is 0 Å². The maximum absolute atomic E-state index is 10.8. The summed E-state index contributed by atoms with van der Waals surface area (Å²) in [5.74, 6) is 0. The Morgan fingerprint density at radius 2 is 1.57 bits per heavy atom. The van der Waals surface area contributed by atoms with Gasteiger partial charge in [0.25, 0.3) is 11.4 Å². The van der Waals surface area contributed by atoms with Gasteiger partial charge >= 0.3 is 0 Å². The third kappa shape index (κ3) is 3.22. The van der Waals surface area contributed by atoms with Crippen molar-refractivity contribution >= 4 is 45.1 Å². The number of nitro groups is 2. The molecule has 0 spiro atoms. The van der Waals surface area contributed by atoms with Crippen LogP contribution in [-0.4, -0.2) is 14.8 Å². The molecular weight excluding hydrogens is 318 g/mol. The maximum Gasteiger partial charge on any atom is 0.270 e. The van der Waals surface area contributed by atoms with E-state index >= 15 is 0 Å². The summed E-state index contributed by atoms with van der Waals surface area (Å²) in [5.41, 5.74) is 1.58. The van der Waals surface area contributed by atoms with E-state index in [0.29, 0.717) is 10.5 Å². The zero-order chi connectivity index (χ0) is 16.4. The fraction of sp³-hybridized carbons (Fsp3) is 0. The van der Waals surface area contributed by atoms with Crippen molar-refractivity contribution < 1.29 is 9.85 Å². The van der Waals surface area contributed by atoms with Crippen molar-refractivity contribution in [2.24, 2.45) is 0 Å². The van der Waals surface area contributed by atoms with Crippen molar-refractivity contribution in [1.29, 1.82) is 0 Å². The predicted molar refractivity (Wildman–Crippen MR) is 88.3 cm³/mol. The van der Waals surface area contributed by atoms with E-state index in [4.69, 9.17) is 0 Å². The van der Waals surface area contributed by atoms with E-state index in [9.17, 15) is 20.2 Å². The molecule has 0 unspecified atom stereocenters. The Balaban J connectivity index is 1.85. The van der Waals surface area contributed by atoms with Crippen molar-refractivity contribution in [2.75, 3.05) is 0 Å². The summed E-state index contributed by atoms with van der Waals surface area (Å²) >= 11 is 1.35. The van der Waals surface area contributed by atoms with Gasteiger partial charge in [-0.25, -0.2) is 4.98 Å². The first kappa shape index (κ1) is 14.8. The van der Waals surface area contributed by atoms with Gasteiger partial charge in [0.2, 0.25) is 0 Å². The molecule has 0 radical (unpaired) electrons. The van der Waals surface area contributed by atoms with Crippen LogP contribution in [0.25, 0.3) is 22.4 Å². The molecule has 0 aliphatic carbocycles. The lowest BCUT2D eigenvalue weighted by Gasteiger charge is -1.92. The van der Waals surface area contributed by atoms with Gasteiger partial charge in [-0.2, -0.15) is 0 Å². The largest absolute Gasteiger partial charge is 0.270 e. The minimum atomic E-state index is -0.450. The van der Waals surface area contributed by atoms with Crippen LogP contribution in [0, 0.1) is 20.2 Å². The molecule has 0 saturated carbocycles. The molecule has 1 heterocycles. The van der Waals surface area contributed by atoms with Crippen molar-refractivity contribution in [2.45, 2.75) is 0 Å². The van der Waals surface area contributed by atoms with E-state index in [1.807, 2.05) is 0 Å². The van der Waals surface area contributed by atoms with Crippen LogP contribution in [0.4, 0.5) is 11.4 Å². The highest BCUT2D eigenvalue weighted by molar-refractivity contribution is 7.19. The lowest BCUT2D eigenvalue weighted by molar-refractivity contribution is -0.385. The average Bonchev–Trinajstić information content (AvgIpc) is 2.95. The van der Waals surface area contributed by atoms with Gasteiger partial charge in [0, 0.05) is 24.3 Å². The number of nitrogens with zero attached hydrogens (tertiary/aromatic N) is 3. The van der Waals surface area contributed by atoms with E-state index in [1.165, 1.54) is 35.6 Å². The fourth-order valence-corrected chi connectivity index (χ4v) is 2.89. The maximum atomic E-state index is 10.8. The van der Waals surface area contributed by atoms with Crippen LogP contribution in [0.3, 0.4) is 0 Å². The van der Waals surface area contributed by atoms with Gasteiger partial charge in [0.15, 0.2) is 0 Å². The number of hydrogen-bond acceptors (Lipinski definition) is 6. The quantitative estimate of drug-likeness (QED) is 0.526. The summed E-state index contributed by atoms with van der Waals surface area (Å²) in [7, 11) is 0. The monoisotopic (exact) mass is 327 g/mol. The molecule has 8 heteroatoms. The van der Waals surface area contributed by atoms with Crippen LogP contribution in [0.1, 0.15) is 10.6 Å². The second kappa shape index (κ2) is 5.93. The van der Waals surface area contributed by atoms with Crippen LogP contribution >= 0.6 is 11.3 Å². The van der Waals surface area contributed by atoms with Gasteiger partial charge in [0.05, 0.1) is 20.1 Å². The van der Waals surface area contributed by atoms with Crippen LogP contribution in [0.5, 0.6) is 0 Å². The summed E-state index contributed by atoms with van der Waals surface area (Å²) in [6.45, 7) is 0. The third-order valence-electron chi connectivity index (χ3n) is 3.12. The van der Waals surface area contributed by atoms with Crippen molar-refractivity contribution in [3.63, 3.8) is 0 Å². The molecule has 0 bridgehead atoms. The summed E-state index contributed by atoms with van der Waals surface area (Å²) in [5, 5.41) is 22.1. The van der Waals surface area contributed by atoms with Crippen LogP contribution in [0.15, 0.2) is 42.5 Å². The summed E-state index contributed by atoms with van der Waals surface area (Å²) in [6, 6.07) is 10.7. The lowest BCUT2D eigenvalue weighted by atomic mass is 10.2. The van der Waals surface area contributed by atoms with Gasteiger partial charge in [-0.1, -0.05) is 6.08 Å². The molecule has 0 saturated heterocycles. The molecule has 1 aromatic heterocycles. The molecule has 0 atom stereocenters. The van der Waals surface area contributed by atoms with Crippen molar-refractivity contribution in [3.8, 4) is 0 Å². The average molecular weight is 327 g/mol. The molecule has 0 N–H and O–H groups in total. The Morgan fingerprint density at radius 1 is 0.913 bits per heavy atom. The first-order chi connectivity index (χ1) is 11.0. The summed E-state index contributed by atoms with van der Waals surface area (Å²) < 4.78 is 0.738. The molecule has 2 aromatic carbocycles. The lowest BCUT2D eigenvalue weighted by Crippen LogP contribution is -1.86. The normalized spacial score (nSPS) is 11.1. The first-order valence-corrected chi connectivity index (χ1v) is 7.32. The zero-order valence-electron chi connectivity index (χ0n) is 11.6. The number of rotatable bonds is 4. The SMILES string of the molecule is O=[N+]([O-])c1ccc(/C=C/c2nc3ccc([N+](=O)[O-])cc3s2)cc1. The zero-order valence-corrected chi connectivity index (χ0v) is 12.4. The standard InChI is InChI=1S/C15H9N3O4S/c19-17(20)11-4-1-10(2-5-11)3-8-15-16-13-7-6-12(18(21)22)9-14(13)23-15/h1-9H/b8-3+. The number of non-ortho nitro benzene ring substituents is 2. The molecule has 114 valence electrons. The van der Waals surface area contributed by atoms with Gasteiger partial charge in [0.1, 0.15) is 5.01 Å². The smallest absolute Gasteiger partial charge is 0.258 e. The van der Waals surface area contributed by atoms with Gasteiger partial charge < -0.3 is 0 Å². The molecular formula is C15H9N3O4S. The van der Waals surface area contributed by atoms with Crippen molar-refractivity contribution in [3.05, 3.63) is 73.3 Å². The van der Waals surface area contributed by atoms with Gasteiger partial charge in [-0.3, -0.25) is 20.2 Å². The number of aromatic nitrogens is 1. The number of fused-ring (bicyclic) bond motifs is 1. The third-order valence-corrected chi connectivity index (χ3v) is 4.11. The highest BCUT2D eigenvalue weighted by Gasteiger charge is 2.09. The van der Waals surface area contributed by atoms with Gasteiger partial charge in [-0.15, -0.1) is 11.3 Å². The molecule has 0 aliphatic heterocycles. The molecule has 3 rings (SSSR count). The molecule has 0 fully saturated rings. The molecule has 0 aliphatic rings. The second-order valence-corrected chi connectivity index (χ2v) is 5.71. The molecule has 3 aromatic rings. The summed E-state index contributed by atoms with van der Waals surface area (Å²) in [4.78, 5) is 24.8. The Kier molecular flexibility index (Phi) is 3.82. The molecule has 7 nitrogen and oxygen atoms in total. The summed E-state index contributed by atoms with van der Waals surface area (Å²) in [6.07, 6.45) is 3.56. The van der Waals surface area contributed by atoms with Crippen LogP contribution in [-0.2, 0) is 0 Å². The Hall–Kier alpha value is -3.13. The van der Waals surface area contributed by atoms with Gasteiger partial charge in [-0.05, 0) is 29.8 Å². The predicted octanol–water partition coefficient (Wildman–Crippen LogP) is 4.28. The number of benzene rings is 2. The molecule has 23 heavy (non-hydrogen) atoms. The van der Waals surface area contributed by atoms with Crippen LogP contribution < -0.4 is 0 Å². The Bertz CT molecular complexity index is 932. The fourth-order valence-electron chi connectivity index (χ4n) is 1.99. The second-order valence-electron chi connectivity index (χ2n) is 4.64. The van der Waals surface area contributed by atoms with E-state index in [2.05, 4.69) is 4.98 Å². The van der Waals surface area contributed by atoms with E-state index in [-0.39, 0.29) is 11.4 Å².